The predicted molar refractivity (Wildman–Crippen MR) is 112 cm³/mol. The van der Waals surface area contributed by atoms with Crippen LogP contribution in [0.1, 0.15) is 5.56 Å². The highest BCUT2D eigenvalue weighted by Crippen LogP contribution is 2.36. The molecule has 5 nitrogen and oxygen atoms in total. The van der Waals surface area contributed by atoms with Crippen molar-refractivity contribution in [1.82, 2.24) is 9.80 Å². The van der Waals surface area contributed by atoms with Crippen molar-refractivity contribution in [3.8, 4) is 11.1 Å². The number of piperazine rings is 1. The van der Waals surface area contributed by atoms with Gasteiger partial charge in [0.15, 0.2) is 0 Å². The molecule has 0 bridgehead atoms. The second-order valence-electron chi connectivity index (χ2n) is 6.47. The maximum absolute atomic E-state index is 14.2. The molecule has 0 unspecified atom stereocenters. The Kier molecular flexibility index (Phi) is 5.90. The summed E-state index contributed by atoms with van der Waals surface area (Å²) in [5.41, 5.74) is 14.9. The SMILES string of the molecule is C=CC(=O)N1CCN(/C(=C/N)c2cc(Cl)c(-c3ccccc3F)cc2N)CC1. The van der Waals surface area contributed by atoms with E-state index in [-0.39, 0.29) is 11.7 Å². The van der Waals surface area contributed by atoms with E-state index in [0.29, 0.717) is 53.6 Å². The highest BCUT2D eigenvalue weighted by molar-refractivity contribution is 6.33. The van der Waals surface area contributed by atoms with Crippen LogP contribution >= 0.6 is 11.6 Å². The number of hydrogen-bond acceptors (Lipinski definition) is 4. The number of carbonyl (C=O) groups is 1. The Morgan fingerprint density at radius 3 is 2.36 bits per heavy atom. The van der Waals surface area contributed by atoms with Crippen LogP contribution in [0.3, 0.4) is 0 Å². The Balaban J connectivity index is 1.89. The zero-order valence-corrected chi connectivity index (χ0v) is 16.1. The van der Waals surface area contributed by atoms with Gasteiger partial charge in [0.05, 0.1) is 5.70 Å². The summed E-state index contributed by atoms with van der Waals surface area (Å²) in [4.78, 5) is 15.5. The predicted octanol–water partition coefficient (Wildman–Crippen LogP) is 3.32. The lowest BCUT2D eigenvalue weighted by Gasteiger charge is -2.37. The van der Waals surface area contributed by atoms with E-state index in [2.05, 4.69) is 11.5 Å². The van der Waals surface area contributed by atoms with Gasteiger partial charge in [0, 0.05) is 59.8 Å². The third-order valence-corrected chi connectivity index (χ3v) is 5.16. The fraction of sp³-hybridized carbons (Fsp3) is 0.190. The number of benzene rings is 2. The smallest absolute Gasteiger partial charge is 0.246 e. The van der Waals surface area contributed by atoms with Crippen molar-refractivity contribution in [3.63, 3.8) is 0 Å². The lowest BCUT2D eigenvalue weighted by molar-refractivity contribution is -0.127. The molecule has 3 rings (SSSR count). The molecule has 1 aliphatic heterocycles. The maximum Gasteiger partial charge on any atom is 0.246 e. The molecular weight excluding hydrogens is 379 g/mol. The summed E-state index contributed by atoms with van der Waals surface area (Å²) in [5.74, 6) is -0.455. The topological polar surface area (TPSA) is 75.6 Å². The first kappa shape index (κ1) is 19.8. The summed E-state index contributed by atoms with van der Waals surface area (Å²) in [5, 5.41) is 0.383. The highest BCUT2D eigenvalue weighted by Gasteiger charge is 2.23. The summed E-state index contributed by atoms with van der Waals surface area (Å²) in [7, 11) is 0. The van der Waals surface area contributed by atoms with E-state index in [9.17, 15) is 9.18 Å². The number of nitrogen functional groups attached to an aromatic ring is 1. The Bertz CT molecular complexity index is 936. The number of carbonyl (C=O) groups excluding carboxylic acids is 1. The molecule has 0 aromatic heterocycles. The molecule has 0 saturated carbocycles. The number of nitrogens with zero attached hydrogens (tertiary/aromatic N) is 2. The quantitative estimate of drug-likeness (QED) is 0.609. The van der Waals surface area contributed by atoms with Gasteiger partial charge in [-0.3, -0.25) is 4.79 Å². The Morgan fingerprint density at radius 1 is 1.11 bits per heavy atom. The van der Waals surface area contributed by atoms with Crippen molar-refractivity contribution in [2.45, 2.75) is 0 Å². The van der Waals surface area contributed by atoms with Gasteiger partial charge in [0.1, 0.15) is 5.82 Å². The molecule has 2 aromatic rings. The summed E-state index contributed by atoms with van der Waals surface area (Å²) in [6, 6.07) is 9.77. The average Bonchev–Trinajstić information content (AvgIpc) is 2.71. The van der Waals surface area contributed by atoms with Crippen molar-refractivity contribution in [3.05, 3.63) is 71.7 Å². The van der Waals surface area contributed by atoms with E-state index in [1.807, 2.05) is 0 Å². The standard InChI is InChI=1S/C21H22ClFN4O/c1-2-21(28)27-9-7-26(8-10-27)20(13-24)16-11-17(22)15(12-19(16)25)14-5-3-4-6-18(14)23/h2-6,11-13H,1,7-10,24-25H2/b20-13+. The van der Waals surface area contributed by atoms with E-state index in [1.54, 1.807) is 35.2 Å². The molecule has 1 heterocycles. The Hall–Kier alpha value is -2.99. The monoisotopic (exact) mass is 400 g/mol. The fourth-order valence-electron chi connectivity index (χ4n) is 3.36. The van der Waals surface area contributed by atoms with Gasteiger partial charge in [0.25, 0.3) is 0 Å². The molecule has 1 aliphatic rings. The van der Waals surface area contributed by atoms with Crippen molar-refractivity contribution < 1.29 is 9.18 Å². The normalized spacial score (nSPS) is 14.9. The first-order valence-corrected chi connectivity index (χ1v) is 9.26. The van der Waals surface area contributed by atoms with Gasteiger partial charge in [0.2, 0.25) is 5.91 Å². The molecule has 1 amide bonds. The van der Waals surface area contributed by atoms with Gasteiger partial charge in [-0.1, -0.05) is 36.4 Å². The van der Waals surface area contributed by atoms with E-state index in [1.165, 1.54) is 18.3 Å². The molecule has 4 N–H and O–H groups in total. The zero-order chi connectivity index (χ0) is 20.3. The van der Waals surface area contributed by atoms with Crippen LogP contribution in [0, 0.1) is 5.82 Å². The minimum absolute atomic E-state index is 0.0882. The van der Waals surface area contributed by atoms with Crippen molar-refractivity contribution in [2.75, 3.05) is 31.9 Å². The maximum atomic E-state index is 14.2. The number of anilines is 1. The molecular formula is C21H22ClFN4O. The van der Waals surface area contributed by atoms with E-state index >= 15 is 0 Å². The van der Waals surface area contributed by atoms with Crippen LogP contribution in [-0.2, 0) is 4.79 Å². The van der Waals surface area contributed by atoms with Crippen LogP contribution in [0.15, 0.2) is 55.3 Å². The van der Waals surface area contributed by atoms with Crippen molar-refractivity contribution >= 4 is 28.9 Å². The molecule has 0 spiro atoms. The summed E-state index contributed by atoms with van der Waals surface area (Å²) in [6.45, 7) is 5.85. The van der Waals surface area contributed by atoms with Gasteiger partial charge in [-0.05, 0) is 24.3 Å². The van der Waals surface area contributed by atoms with Crippen LogP contribution in [-0.4, -0.2) is 41.9 Å². The van der Waals surface area contributed by atoms with Gasteiger partial charge in [-0.2, -0.15) is 0 Å². The Labute approximate surface area is 168 Å². The van der Waals surface area contributed by atoms with Crippen LogP contribution in [0.2, 0.25) is 5.02 Å². The molecule has 1 saturated heterocycles. The third kappa shape index (κ3) is 3.82. The van der Waals surface area contributed by atoms with Crippen LogP contribution in [0.4, 0.5) is 10.1 Å². The fourth-order valence-corrected chi connectivity index (χ4v) is 3.63. The van der Waals surface area contributed by atoms with Crippen LogP contribution in [0.5, 0.6) is 0 Å². The first-order chi connectivity index (χ1) is 13.5. The molecule has 2 aromatic carbocycles. The summed E-state index contributed by atoms with van der Waals surface area (Å²) < 4.78 is 14.2. The van der Waals surface area contributed by atoms with E-state index in [4.69, 9.17) is 23.1 Å². The van der Waals surface area contributed by atoms with Crippen LogP contribution < -0.4 is 11.5 Å². The lowest BCUT2D eigenvalue weighted by atomic mass is 10.00. The molecule has 146 valence electrons. The second kappa shape index (κ2) is 8.35. The van der Waals surface area contributed by atoms with E-state index < -0.39 is 0 Å². The lowest BCUT2D eigenvalue weighted by Crippen LogP contribution is -2.47. The highest BCUT2D eigenvalue weighted by atomic mass is 35.5. The number of halogens is 2. The minimum Gasteiger partial charge on any atom is -0.403 e. The summed E-state index contributed by atoms with van der Waals surface area (Å²) in [6.07, 6.45) is 2.80. The molecule has 0 radical (unpaired) electrons. The molecule has 28 heavy (non-hydrogen) atoms. The van der Waals surface area contributed by atoms with Gasteiger partial charge >= 0.3 is 0 Å². The summed E-state index contributed by atoms with van der Waals surface area (Å²) >= 11 is 6.46. The number of amides is 1. The molecule has 7 heteroatoms. The molecule has 0 aliphatic carbocycles. The first-order valence-electron chi connectivity index (χ1n) is 8.88. The van der Waals surface area contributed by atoms with E-state index in [0.717, 1.165) is 5.70 Å². The van der Waals surface area contributed by atoms with Crippen molar-refractivity contribution in [2.24, 2.45) is 5.73 Å². The van der Waals surface area contributed by atoms with Gasteiger partial charge < -0.3 is 21.3 Å². The third-order valence-electron chi connectivity index (χ3n) is 4.84. The number of rotatable bonds is 4. The Morgan fingerprint density at radius 2 is 1.75 bits per heavy atom. The zero-order valence-electron chi connectivity index (χ0n) is 15.4. The molecule has 1 fully saturated rings. The molecule has 0 atom stereocenters. The van der Waals surface area contributed by atoms with Gasteiger partial charge in [-0.15, -0.1) is 0 Å². The van der Waals surface area contributed by atoms with Crippen molar-refractivity contribution in [1.29, 1.82) is 0 Å². The largest absolute Gasteiger partial charge is 0.403 e. The van der Waals surface area contributed by atoms with Crippen LogP contribution in [0.25, 0.3) is 16.8 Å². The number of hydrogen-bond donors (Lipinski definition) is 2. The average molecular weight is 401 g/mol. The second-order valence-corrected chi connectivity index (χ2v) is 6.87. The number of nitrogens with two attached hydrogens (primary N) is 2. The minimum atomic E-state index is -0.367. The van der Waals surface area contributed by atoms with Gasteiger partial charge in [-0.25, -0.2) is 4.39 Å².